The largest absolute Gasteiger partial charge is 0.478 e. The van der Waals surface area contributed by atoms with Gasteiger partial charge in [0.1, 0.15) is 5.82 Å². The van der Waals surface area contributed by atoms with Gasteiger partial charge in [-0.2, -0.15) is 0 Å². The molecule has 18 heavy (non-hydrogen) atoms. The lowest BCUT2D eigenvalue weighted by molar-refractivity contribution is 0.0697. The molecule has 1 aromatic carbocycles. The van der Waals surface area contributed by atoms with E-state index in [9.17, 15) is 4.79 Å². The van der Waals surface area contributed by atoms with Crippen LogP contribution in [0.2, 0.25) is 0 Å². The molecule has 0 saturated carbocycles. The van der Waals surface area contributed by atoms with E-state index >= 15 is 0 Å². The predicted octanol–water partition coefficient (Wildman–Crippen LogP) is 3.26. The topological polar surface area (TPSA) is 55.1 Å². The fourth-order valence-electron chi connectivity index (χ4n) is 2.16. The standard InChI is InChI=1S/C14H18N2O2/c1-8(2)9(3)16-10(4)15-12-7-11(14(17)18)5-6-13(12)16/h5-9H,1-4H3,(H,17,18). The summed E-state index contributed by atoms with van der Waals surface area (Å²) >= 11 is 0. The Hall–Kier alpha value is -1.84. The van der Waals surface area contributed by atoms with Crippen molar-refractivity contribution in [2.75, 3.05) is 0 Å². The summed E-state index contributed by atoms with van der Waals surface area (Å²) in [4.78, 5) is 15.4. The maximum Gasteiger partial charge on any atom is 0.335 e. The zero-order chi connectivity index (χ0) is 13.4. The molecular weight excluding hydrogens is 228 g/mol. The summed E-state index contributed by atoms with van der Waals surface area (Å²) in [6.45, 7) is 8.45. The molecule has 1 N–H and O–H groups in total. The maximum atomic E-state index is 10.9. The van der Waals surface area contributed by atoms with Crippen molar-refractivity contribution in [2.24, 2.45) is 5.92 Å². The molecule has 4 nitrogen and oxygen atoms in total. The highest BCUT2D eigenvalue weighted by Crippen LogP contribution is 2.26. The van der Waals surface area contributed by atoms with Crippen LogP contribution >= 0.6 is 0 Å². The number of aromatic carboxylic acids is 1. The van der Waals surface area contributed by atoms with Gasteiger partial charge in [0.05, 0.1) is 16.6 Å². The minimum absolute atomic E-state index is 0.282. The average Bonchev–Trinajstić information content (AvgIpc) is 2.62. The summed E-state index contributed by atoms with van der Waals surface area (Å²) < 4.78 is 2.17. The Morgan fingerprint density at radius 1 is 1.33 bits per heavy atom. The summed E-state index contributed by atoms with van der Waals surface area (Å²) in [7, 11) is 0. The van der Waals surface area contributed by atoms with Gasteiger partial charge in [-0.1, -0.05) is 13.8 Å². The molecule has 1 heterocycles. The molecule has 96 valence electrons. The SMILES string of the molecule is Cc1nc2cc(C(=O)O)ccc2n1C(C)C(C)C. The van der Waals surface area contributed by atoms with Gasteiger partial charge in [0.15, 0.2) is 0 Å². The monoisotopic (exact) mass is 246 g/mol. The number of carboxylic acid groups (broad SMARTS) is 1. The van der Waals surface area contributed by atoms with Gasteiger partial charge >= 0.3 is 5.97 Å². The van der Waals surface area contributed by atoms with Gasteiger partial charge in [-0.25, -0.2) is 9.78 Å². The van der Waals surface area contributed by atoms with E-state index in [1.807, 2.05) is 13.0 Å². The first-order valence-corrected chi connectivity index (χ1v) is 6.13. The second-order valence-electron chi connectivity index (χ2n) is 5.02. The van der Waals surface area contributed by atoms with Gasteiger partial charge in [-0.05, 0) is 38.0 Å². The van der Waals surface area contributed by atoms with Crippen molar-refractivity contribution >= 4 is 17.0 Å². The van der Waals surface area contributed by atoms with Gasteiger partial charge in [0, 0.05) is 6.04 Å². The van der Waals surface area contributed by atoms with E-state index in [2.05, 4.69) is 30.3 Å². The van der Waals surface area contributed by atoms with Crippen LogP contribution in [0.1, 0.15) is 43.0 Å². The maximum absolute atomic E-state index is 10.9. The lowest BCUT2D eigenvalue weighted by Gasteiger charge is -2.20. The summed E-state index contributed by atoms with van der Waals surface area (Å²) in [6, 6.07) is 5.45. The van der Waals surface area contributed by atoms with Crippen LogP contribution in [-0.2, 0) is 0 Å². The van der Waals surface area contributed by atoms with Crippen molar-refractivity contribution in [3.05, 3.63) is 29.6 Å². The number of benzene rings is 1. The smallest absolute Gasteiger partial charge is 0.335 e. The van der Waals surface area contributed by atoms with Crippen LogP contribution in [0.25, 0.3) is 11.0 Å². The van der Waals surface area contributed by atoms with Gasteiger partial charge in [0.25, 0.3) is 0 Å². The molecular formula is C14H18N2O2. The van der Waals surface area contributed by atoms with E-state index in [4.69, 9.17) is 5.11 Å². The number of carbonyl (C=O) groups is 1. The third kappa shape index (κ3) is 1.98. The lowest BCUT2D eigenvalue weighted by Crippen LogP contribution is -2.12. The van der Waals surface area contributed by atoms with Gasteiger partial charge in [-0.3, -0.25) is 0 Å². The predicted molar refractivity (Wildman–Crippen MR) is 71.0 cm³/mol. The third-order valence-electron chi connectivity index (χ3n) is 3.48. The highest BCUT2D eigenvalue weighted by molar-refractivity contribution is 5.92. The van der Waals surface area contributed by atoms with Crippen molar-refractivity contribution in [2.45, 2.75) is 33.7 Å². The number of hydrogen-bond donors (Lipinski definition) is 1. The van der Waals surface area contributed by atoms with E-state index in [0.717, 1.165) is 16.9 Å². The normalized spacial score (nSPS) is 13.2. The Balaban J connectivity index is 2.62. The summed E-state index contributed by atoms with van der Waals surface area (Å²) in [5, 5.41) is 8.98. The third-order valence-corrected chi connectivity index (χ3v) is 3.48. The molecule has 0 amide bonds. The average molecular weight is 246 g/mol. The summed E-state index contributed by atoms with van der Waals surface area (Å²) in [5.74, 6) is 0.509. The van der Waals surface area contributed by atoms with Crippen molar-refractivity contribution in [3.63, 3.8) is 0 Å². The first-order valence-electron chi connectivity index (χ1n) is 6.13. The second kappa shape index (κ2) is 4.44. The van der Waals surface area contributed by atoms with E-state index in [-0.39, 0.29) is 5.56 Å². The van der Waals surface area contributed by atoms with Crippen LogP contribution in [-0.4, -0.2) is 20.6 Å². The van der Waals surface area contributed by atoms with Gasteiger partial charge in [0.2, 0.25) is 0 Å². The minimum atomic E-state index is -0.916. The van der Waals surface area contributed by atoms with Crippen LogP contribution in [0, 0.1) is 12.8 Å². The zero-order valence-corrected chi connectivity index (χ0v) is 11.1. The molecule has 0 radical (unpaired) electrons. The molecule has 2 rings (SSSR count). The number of rotatable bonds is 3. The molecule has 0 spiro atoms. The Morgan fingerprint density at radius 3 is 2.56 bits per heavy atom. The Kier molecular flexibility index (Phi) is 3.11. The Bertz CT molecular complexity index is 599. The molecule has 2 aromatic rings. The summed E-state index contributed by atoms with van der Waals surface area (Å²) in [6.07, 6.45) is 0. The zero-order valence-electron chi connectivity index (χ0n) is 11.1. The highest BCUT2D eigenvalue weighted by Gasteiger charge is 2.16. The van der Waals surface area contributed by atoms with Gasteiger partial charge < -0.3 is 9.67 Å². The molecule has 1 aromatic heterocycles. The Labute approximate surface area is 106 Å². The molecule has 4 heteroatoms. The van der Waals surface area contributed by atoms with E-state index in [0.29, 0.717) is 12.0 Å². The number of carboxylic acids is 1. The van der Waals surface area contributed by atoms with E-state index in [1.54, 1.807) is 12.1 Å². The fraction of sp³-hybridized carbons (Fsp3) is 0.429. The van der Waals surface area contributed by atoms with Crippen LogP contribution in [0.15, 0.2) is 18.2 Å². The number of aromatic nitrogens is 2. The van der Waals surface area contributed by atoms with Crippen molar-refractivity contribution in [1.29, 1.82) is 0 Å². The van der Waals surface area contributed by atoms with E-state index < -0.39 is 5.97 Å². The number of imidazole rings is 1. The second-order valence-corrected chi connectivity index (χ2v) is 5.02. The molecule has 0 bridgehead atoms. The van der Waals surface area contributed by atoms with Crippen molar-refractivity contribution in [1.82, 2.24) is 9.55 Å². The molecule has 0 saturated heterocycles. The van der Waals surface area contributed by atoms with Crippen LogP contribution in [0.3, 0.4) is 0 Å². The molecule has 0 aliphatic rings. The van der Waals surface area contributed by atoms with Gasteiger partial charge in [-0.15, -0.1) is 0 Å². The lowest BCUT2D eigenvalue weighted by atomic mass is 10.1. The molecule has 0 aliphatic heterocycles. The van der Waals surface area contributed by atoms with Crippen LogP contribution < -0.4 is 0 Å². The quantitative estimate of drug-likeness (QED) is 0.904. The van der Waals surface area contributed by atoms with Crippen molar-refractivity contribution in [3.8, 4) is 0 Å². The number of nitrogens with zero attached hydrogens (tertiary/aromatic N) is 2. The summed E-state index contributed by atoms with van der Waals surface area (Å²) in [5.41, 5.74) is 2.03. The van der Waals surface area contributed by atoms with Crippen LogP contribution in [0.4, 0.5) is 0 Å². The first kappa shape index (κ1) is 12.6. The highest BCUT2D eigenvalue weighted by atomic mass is 16.4. The van der Waals surface area contributed by atoms with E-state index in [1.165, 1.54) is 0 Å². The fourth-order valence-corrected chi connectivity index (χ4v) is 2.16. The van der Waals surface area contributed by atoms with Crippen molar-refractivity contribution < 1.29 is 9.90 Å². The number of hydrogen-bond acceptors (Lipinski definition) is 2. The molecule has 1 unspecified atom stereocenters. The number of aryl methyl sites for hydroxylation is 1. The number of fused-ring (bicyclic) bond motifs is 1. The minimum Gasteiger partial charge on any atom is -0.478 e. The Morgan fingerprint density at radius 2 is 2.00 bits per heavy atom. The molecule has 0 fully saturated rings. The molecule has 1 atom stereocenters. The first-order chi connectivity index (χ1) is 8.41. The van der Waals surface area contributed by atoms with Crippen LogP contribution in [0.5, 0.6) is 0 Å². The molecule has 0 aliphatic carbocycles.